The molecule has 1 N–H and O–H groups in total. The molecule has 0 aliphatic heterocycles. The molecular weight excluding hydrogens is 266 g/mol. The number of pyridine rings is 1. The lowest BCUT2D eigenvalue weighted by molar-refractivity contribution is 1.48. The summed E-state index contributed by atoms with van der Waals surface area (Å²) in [6.45, 7) is 0. The van der Waals surface area contributed by atoms with E-state index in [2.05, 4.69) is 4.98 Å². The Bertz CT molecular complexity index is 804. The highest BCUT2D eigenvalue weighted by atomic mass is 32.1. The van der Waals surface area contributed by atoms with Gasteiger partial charge in [0.05, 0.1) is 0 Å². The van der Waals surface area contributed by atoms with Crippen LogP contribution in [0.5, 0.6) is 0 Å². The predicted octanol–water partition coefficient (Wildman–Crippen LogP) is 4.43. The summed E-state index contributed by atoms with van der Waals surface area (Å²) < 4.78 is 0. The van der Waals surface area contributed by atoms with Gasteiger partial charge in [-0.05, 0) is 35.0 Å². The van der Waals surface area contributed by atoms with E-state index in [0.717, 1.165) is 21.8 Å². The number of aromatic amines is 1. The molecular formula is C17H13NOS. The minimum atomic E-state index is 0.0972. The number of nitrogens with one attached hydrogen (secondary N) is 1. The molecule has 3 heteroatoms. The maximum Gasteiger partial charge on any atom is 0.197 e. The quantitative estimate of drug-likeness (QED) is 0.475. The summed E-state index contributed by atoms with van der Waals surface area (Å²) in [5.41, 5.74) is 1.88. The lowest BCUT2D eigenvalue weighted by Crippen LogP contribution is -2.03. The number of fused-ring (bicyclic) bond motifs is 2. The molecule has 20 heavy (non-hydrogen) atoms. The SMILES string of the molecule is O=c1c2ccccc2[nH]c2ccccc12.c1ccsc1. The molecule has 0 saturated heterocycles. The van der Waals surface area contributed by atoms with Crippen LogP contribution in [0.25, 0.3) is 21.8 Å². The molecule has 98 valence electrons. The molecule has 2 heterocycles. The molecule has 0 bridgehead atoms. The van der Waals surface area contributed by atoms with Crippen LogP contribution in [0, 0.1) is 0 Å². The van der Waals surface area contributed by atoms with Crippen molar-refractivity contribution in [1.82, 2.24) is 4.98 Å². The summed E-state index contributed by atoms with van der Waals surface area (Å²) in [4.78, 5) is 15.3. The van der Waals surface area contributed by atoms with Gasteiger partial charge in [0, 0.05) is 21.8 Å². The molecule has 0 aliphatic rings. The molecule has 0 radical (unpaired) electrons. The second-order valence-electron chi connectivity index (χ2n) is 4.34. The molecule has 0 atom stereocenters. The third kappa shape index (κ3) is 2.49. The topological polar surface area (TPSA) is 32.9 Å². The minimum absolute atomic E-state index is 0.0972. The van der Waals surface area contributed by atoms with Gasteiger partial charge >= 0.3 is 0 Å². The number of hydrogen-bond acceptors (Lipinski definition) is 2. The van der Waals surface area contributed by atoms with Crippen molar-refractivity contribution in [2.24, 2.45) is 0 Å². The van der Waals surface area contributed by atoms with E-state index in [4.69, 9.17) is 0 Å². The van der Waals surface area contributed by atoms with E-state index in [9.17, 15) is 4.79 Å². The number of thiophene rings is 1. The van der Waals surface area contributed by atoms with E-state index < -0.39 is 0 Å². The van der Waals surface area contributed by atoms with Gasteiger partial charge in [0.25, 0.3) is 0 Å². The van der Waals surface area contributed by atoms with Gasteiger partial charge in [0.2, 0.25) is 0 Å². The van der Waals surface area contributed by atoms with Crippen molar-refractivity contribution >= 4 is 33.1 Å². The number of benzene rings is 2. The Morgan fingerprint density at radius 1 is 0.700 bits per heavy atom. The smallest absolute Gasteiger partial charge is 0.197 e. The minimum Gasteiger partial charge on any atom is -0.354 e. The predicted molar refractivity (Wildman–Crippen MR) is 86.4 cm³/mol. The summed E-state index contributed by atoms with van der Waals surface area (Å²) in [6, 6.07) is 19.2. The number of para-hydroxylation sites is 2. The zero-order valence-corrected chi connectivity index (χ0v) is 11.6. The first-order chi connectivity index (χ1) is 9.86. The van der Waals surface area contributed by atoms with Gasteiger partial charge in [-0.25, -0.2) is 0 Å². The second kappa shape index (κ2) is 5.72. The third-order valence-electron chi connectivity index (χ3n) is 3.04. The van der Waals surface area contributed by atoms with Crippen LogP contribution in [-0.4, -0.2) is 4.98 Å². The zero-order valence-electron chi connectivity index (χ0n) is 10.7. The van der Waals surface area contributed by atoms with Crippen LogP contribution in [0.3, 0.4) is 0 Å². The third-order valence-corrected chi connectivity index (χ3v) is 3.67. The lowest BCUT2D eigenvalue weighted by Gasteiger charge is -2.01. The van der Waals surface area contributed by atoms with Crippen LogP contribution in [0.15, 0.2) is 76.2 Å². The molecule has 2 aromatic heterocycles. The van der Waals surface area contributed by atoms with Crippen LogP contribution >= 0.6 is 11.3 Å². The van der Waals surface area contributed by atoms with E-state index >= 15 is 0 Å². The molecule has 4 rings (SSSR count). The first-order valence-electron chi connectivity index (χ1n) is 6.33. The number of aromatic nitrogens is 1. The van der Waals surface area contributed by atoms with E-state index in [-0.39, 0.29) is 5.43 Å². The average molecular weight is 279 g/mol. The standard InChI is InChI=1S/C13H9NO.C4H4S/c15-13-9-5-1-3-7-11(9)14-12-8-4-2-6-10(12)13;1-2-4-5-3-1/h1-8H,(H,14,15);1-4H. The van der Waals surface area contributed by atoms with Gasteiger partial charge in [-0.3, -0.25) is 4.79 Å². The zero-order chi connectivity index (χ0) is 13.8. The Hall–Kier alpha value is -2.39. The average Bonchev–Trinajstić information content (AvgIpc) is 3.07. The van der Waals surface area contributed by atoms with Crippen molar-refractivity contribution in [2.75, 3.05) is 0 Å². The highest BCUT2D eigenvalue weighted by molar-refractivity contribution is 7.07. The van der Waals surface area contributed by atoms with Gasteiger partial charge in [-0.15, -0.1) is 0 Å². The molecule has 0 unspecified atom stereocenters. The summed E-state index contributed by atoms with van der Waals surface area (Å²) in [5, 5.41) is 5.58. The molecule has 2 aromatic carbocycles. The highest BCUT2D eigenvalue weighted by Crippen LogP contribution is 2.13. The number of hydrogen-bond donors (Lipinski definition) is 1. The van der Waals surface area contributed by atoms with Crippen LogP contribution < -0.4 is 5.43 Å². The fraction of sp³-hybridized carbons (Fsp3) is 0. The lowest BCUT2D eigenvalue weighted by atomic mass is 10.1. The summed E-state index contributed by atoms with van der Waals surface area (Å²) in [7, 11) is 0. The van der Waals surface area contributed by atoms with E-state index in [0.29, 0.717) is 0 Å². The largest absolute Gasteiger partial charge is 0.354 e. The Labute approximate surface area is 120 Å². The molecule has 0 fully saturated rings. The molecule has 0 aliphatic carbocycles. The molecule has 0 spiro atoms. The van der Waals surface area contributed by atoms with Crippen molar-refractivity contribution < 1.29 is 0 Å². The second-order valence-corrected chi connectivity index (χ2v) is 5.15. The van der Waals surface area contributed by atoms with Crippen molar-refractivity contribution in [3.8, 4) is 0 Å². The summed E-state index contributed by atoms with van der Waals surface area (Å²) >= 11 is 1.71. The van der Waals surface area contributed by atoms with Crippen LogP contribution in [0.2, 0.25) is 0 Å². The number of H-pyrrole nitrogens is 1. The van der Waals surface area contributed by atoms with Crippen LogP contribution in [0.4, 0.5) is 0 Å². The van der Waals surface area contributed by atoms with Crippen molar-refractivity contribution in [2.45, 2.75) is 0 Å². The fourth-order valence-electron chi connectivity index (χ4n) is 2.10. The molecule has 4 aromatic rings. The Morgan fingerprint density at radius 2 is 1.20 bits per heavy atom. The van der Waals surface area contributed by atoms with Gasteiger partial charge in [-0.1, -0.05) is 36.4 Å². The van der Waals surface area contributed by atoms with E-state index in [1.54, 1.807) is 11.3 Å². The fourth-order valence-corrected chi connectivity index (χ4v) is 2.55. The molecule has 0 saturated carbocycles. The Balaban J connectivity index is 0.000000205. The van der Waals surface area contributed by atoms with E-state index in [1.807, 2.05) is 71.4 Å². The van der Waals surface area contributed by atoms with E-state index in [1.165, 1.54) is 0 Å². The van der Waals surface area contributed by atoms with Gasteiger partial charge in [-0.2, -0.15) is 11.3 Å². The number of rotatable bonds is 0. The Kier molecular flexibility index (Phi) is 3.61. The first-order valence-corrected chi connectivity index (χ1v) is 7.27. The Morgan fingerprint density at radius 3 is 1.65 bits per heavy atom. The summed E-state index contributed by atoms with van der Waals surface area (Å²) in [5.74, 6) is 0. The normalized spacial score (nSPS) is 10.2. The van der Waals surface area contributed by atoms with Crippen LogP contribution in [0.1, 0.15) is 0 Å². The summed E-state index contributed by atoms with van der Waals surface area (Å²) in [6.07, 6.45) is 0. The maximum absolute atomic E-state index is 12.1. The van der Waals surface area contributed by atoms with Gasteiger partial charge in [0.15, 0.2) is 5.43 Å². The highest BCUT2D eigenvalue weighted by Gasteiger charge is 2.02. The van der Waals surface area contributed by atoms with Gasteiger partial charge < -0.3 is 4.98 Å². The van der Waals surface area contributed by atoms with Crippen molar-refractivity contribution in [3.05, 3.63) is 81.6 Å². The monoisotopic (exact) mass is 279 g/mol. The molecule has 0 amide bonds. The first kappa shape index (κ1) is 12.6. The molecule has 2 nitrogen and oxygen atoms in total. The van der Waals surface area contributed by atoms with Crippen LogP contribution in [-0.2, 0) is 0 Å². The maximum atomic E-state index is 12.1. The van der Waals surface area contributed by atoms with Gasteiger partial charge in [0.1, 0.15) is 0 Å². The van der Waals surface area contributed by atoms with Crippen molar-refractivity contribution in [1.29, 1.82) is 0 Å². The van der Waals surface area contributed by atoms with Crippen molar-refractivity contribution in [3.63, 3.8) is 0 Å².